The van der Waals surface area contributed by atoms with Gasteiger partial charge in [-0.15, -0.1) is 0 Å². The second kappa shape index (κ2) is 3.48. The molecule has 84 valence electrons. The van der Waals surface area contributed by atoms with E-state index in [2.05, 4.69) is 16.8 Å². The van der Waals surface area contributed by atoms with Crippen LogP contribution in [0.25, 0.3) is 11.0 Å². The third-order valence-corrected chi connectivity index (χ3v) is 2.36. The maximum Gasteiger partial charge on any atom is 0.332 e. The maximum absolute atomic E-state index is 11.9. The number of aromatic nitrogens is 4. The lowest BCUT2D eigenvalue weighted by Gasteiger charge is -2.07. The summed E-state index contributed by atoms with van der Waals surface area (Å²) in [6, 6.07) is 0. The van der Waals surface area contributed by atoms with Gasteiger partial charge in [0.05, 0.1) is 0 Å². The van der Waals surface area contributed by atoms with Crippen molar-refractivity contribution in [2.45, 2.75) is 13.5 Å². The summed E-state index contributed by atoms with van der Waals surface area (Å²) in [5.41, 5.74) is 0.473. The van der Waals surface area contributed by atoms with Crippen LogP contribution in [0.2, 0.25) is 0 Å². The molecule has 0 amide bonds. The van der Waals surface area contributed by atoms with Gasteiger partial charge in [-0.1, -0.05) is 12.2 Å². The largest absolute Gasteiger partial charge is 0.332 e. The topological polar surface area (TPSA) is 72.7 Å². The summed E-state index contributed by atoms with van der Waals surface area (Å²) in [6.07, 6.45) is 1.49. The molecule has 0 fully saturated rings. The number of fused-ring (bicyclic) bond motifs is 1. The molecule has 0 aliphatic rings. The van der Waals surface area contributed by atoms with Crippen LogP contribution in [0, 0.1) is 0 Å². The quantitative estimate of drug-likeness (QED) is 0.724. The minimum absolute atomic E-state index is 0.341. The molecule has 0 aromatic carbocycles. The van der Waals surface area contributed by atoms with Crippen LogP contribution in [-0.2, 0) is 13.6 Å². The molecule has 0 aliphatic carbocycles. The summed E-state index contributed by atoms with van der Waals surface area (Å²) >= 11 is 0. The number of aromatic amines is 1. The summed E-state index contributed by atoms with van der Waals surface area (Å²) in [4.78, 5) is 23.6. The van der Waals surface area contributed by atoms with Crippen molar-refractivity contribution in [2.75, 3.05) is 0 Å². The first-order valence-electron chi connectivity index (χ1n) is 4.80. The molecule has 1 N–H and O–H groups in total. The highest BCUT2D eigenvalue weighted by Crippen LogP contribution is 2.04. The third-order valence-electron chi connectivity index (χ3n) is 2.36. The smallest absolute Gasteiger partial charge is 0.283 e. The Bertz CT molecular complexity index is 674. The average Bonchev–Trinajstić information content (AvgIpc) is 2.69. The highest BCUT2D eigenvalue weighted by molar-refractivity contribution is 5.72. The Labute approximate surface area is 90.8 Å². The Kier molecular flexibility index (Phi) is 2.26. The van der Waals surface area contributed by atoms with Crippen LogP contribution in [0.15, 0.2) is 27.9 Å². The van der Waals surface area contributed by atoms with Crippen LogP contribution in [0.3, 0.4) is 0 Å². The molecule has 6 heteroatoms. The fraction of sp³-hybridized carbons (Fsp3) is 0.300. The summed E-state index contributed by atoms with van der Waals surface area (Å²) in [5, 5.41) is 6.92. The Hall–Kier alpha value is -2.11. The fourth-order valence-corrected chi connectivity index (χ4v) is 1.60. The van der Waals surface area contributed by atoms with Crippen molar-refractivity contribution >= 4 is 11.0 Å². The first kappa shape index (κ1) is 10.4. The van der Waals surface area contributed by atoms with Gasteiger partial charge in [0.25, 0.3) is 5.56 Å². The number of nitrogens with one attached hydrogen (secondary N) is 1. The lowest BCUT2D eigenvalue weighted by Crippen LogP contribution is -2.38. The van der Waals surface area contributed by atoms with Crippen LogP contribution in [0.5, 0.6) is 0 Å². The van der Waals surface area contributed by atoms with E-state index in [1.807, 2.05) is 6.92 Å². The number of H-pyrrole nitrogens is 1. The van der Waals surface area contributed by atoms with Crippen molar-refractivity contribution in [3.05, 3.63) is 39.2 Å². The zero-order valence-corrected chi connectivity index (χ0v) is 9.15. The normalized spacial score (nSPS) is 10.9. The molecule has 0 saturated heterocycles. The highest BCUT2D eigenvalue weighted by Gasteiger charge is 2.12. The molecular formula is C10H12N4O2. The molecule has 0 unspecified atom stereocenters. The number of hydrogen-bond acceptors (Lipinski definition) is 3. The van der Waals surface area contributed by atoms with Gasteiger partial charge in [0.1, 0.15) is 5.39 Å². The Morgan fingerprint density at radius 3 is 2.88 bits per heavy atom. The maximum atomic E-state index is 11.9. The fourth-order valence-electron chi connectivity index (χ4n) is 1.60. The van der Waals surface area contributed by atoms with Crippen LogP contribution >= 0.6 is 0 Å². The lowest BCUT2D eigenvalue weighted by atomic mass is 10.3. The molecule has 2 aromatic heterocycles. The standard InChI is InChI=1S/C10H12N4O2/c1-6(2)5-14-8-7(4-11-12-8)9(15)13(3)10(14)16/h4H,1,5H2,2-3H3,(H,11,12). The molecule has 2 aromatic rings. The number of rotatable bonds is 2. The van der Waals surface area contributed by atoms with E-state index in [0.29, 0.717) is 17.6 Å². The van der Waals surface area contributed by atoms with Crippen LogP contribution in [0.4, 0.5) is 0 Å². The number of nitrogens with zero attached hydrogens (tertiary/aromatic N) is 3. The van der Waals surface area contributed by atoms with Crippen LogP contribution in [0.1, 0.15) is 6.92 Å². The van der Waals surface area contributed by atoms with Crippen molar-refractivity contribution in [3.63, 3.8) is 0 Å². The van der Waals surface area contributed by atoms with Gasteiger partial charge in [-0.2, -0.15) is 5.10 Å². The van der Waals surface area contributed by atoms with Crippen molar-refractivity contribution in [1.82, 2.24) is 19.3 Å². The van der Waals surface area contributed by atoms with E-state index in [1.165, 1.54) is 17.8 Å². The molecule has 2 heterocycles. The lowest BCUT2D eigenvalue weighted by molar-refractivity contribution is 0.663. The summed E-state index contributed by atoms with van der Waals surface area (Å²) in [7, 11) is 1.45. The second-order valence-corrected chi connectivity index (χ2v) is 3.81. The van der Waals surface area contributed by atoms with Gasteiger partial charge in [0, 0.05) is 19.8 Å². The number of allylic oxidation sites excluding steroid dienone is 1. The first-order chi connectivity index (χ1) is 7.52. The van der Waals surface area contributed by atoms with Gasteiger partial charge in [0.2, 0.25) is 0 Å². The molecule has 2 rings (SSSR count). The second-order valence-electron chi connectivity index (χ2n) is 3.81. The molecule has 6 nitrogen and oxygen atoms in total. The predicted molar refractivity (Wildman–Crippen MR) is 60.4 cm³/mol. The third kappa shape index (κ3) is 1.39. The van der Waals surface area contributed by atoms with Gasteiger partial charge in [-0.05, 0) is 6.92 Å². The van der Waals surface area contributed by atoms with Gasteiger partial charge in [0.15, 0.2) is 5.65 Å². The van der Waals surface area contributed by atoms with E-state index in [0.717, 1.165) is 10.1 Å². The van der Waals surface area contributed by atoms with E-state index >= 15 is 0 Å². The summed E-state index contributed by atoms with van der Waals surface area (Å²) in [5.74, 6) is 0. The average molecular weight is 220 g/mol. The van der Waals surface area contributed by atoms with Crippen LogP contribution in [-0.4, -0.2) is 19.3 Å². The molecule has 0 spiro atoms. The zero-order valence-electron chi connectivity index (χ0n) is 9.15. The zero-order chi connectivity index (χ0) is 11.9. The molecule has 16 heavy (non-hydrogen) atoms. The van der Waals surface area contributed by atoms with Gasteiger partial charge in [-0.25, -0.2) is 4.79 Å². The summed E-state index contributed by atoms with van der Waals surface area (Å²) in [6.45, 7) is 5.92. The van der Waals surface area contributed by atoms with Crippen molar-refractivity contribution < 1.29 is 0 Å². The molecule has 0 aliphatic heterocycles. The van der Waals surface area contributed by atoms with Crippen molar-refractivity contribution in [3.8, 4) is 0 Å². The van der Waals surface area contributed by atoms with Crippen LogP contribution < -0.4 is 11.2 Å². The minimum Gasteiger partial charge on any atom is -0.283 e. The van der Waals surface area contributed by atoms with Gasteiger partial charge >= 0.3 is 5.69 Å². The van der Waals surface area contributed by atoms with E-state index in [4.69, 9.17) is 0 Å². The van der Waals surface area contributed by atoms with E-state index < -0.39 is 0 Å². The molecular weight excluding hydrogens is 208 g/mol. The Balaban J connectivity index is 2.91. The summed E-state index contributed by atoms with van der Waals surface area (Å²) < 4.78 is 2.50. The predicted octanol–water partition coefficient (Wildman–Crippen LogP) is -0.000600. The molecule has 0 atom stereocenters. The monoisotopic (exact) mass is 220 g/mol. The molecule has 0 radical (unpaired) electrons. The molecule has 0 bridgehead atoms. The van der Waals surface area contributed by atoms with Crippen molar-refractivity contribution in [1.29, 1.82) is 0 Å². The Morgan fingerprint density at radius 1 is 1.56 bits per heavy atom. The minimum atomic E-state index is -0.382. The van der Waals surface area contributed by atoms with Gasteiger partial charge < -0.3 is 0 Å². The van der Waals surface area contributed by atoms with E-state index in [1.54, 1.807) is 0 Å². The van der Waals surface area contributed by atoms with Crippen molar-refractivity contribution in [2.24, 2.45) is 7.05 Å². The Morgan fingerprint density at radius 2 is 2.25 bits per heavy atom. The van der Waals surface area contributed by atoms with E-state index in [9.17, 15) is 9.59 Å². The van der Waals surface area contributed by atoms with E-state index in [-0.39, 0.29) is 11.2 Å². The number of hydrogen-bond donors (Lipinski definition) is 1. The molecule has 0 saturated carbocycles. The van der Waals surface area contributed by atoms with Gasteiger partial charge in [-0.3, -0.25) is 19.0 Å². The SMILES string of the molecule is C=C(C)Cn1c(=O)n(C)c(=O)c2c[nH]nc21. The first-order valence-corrected chi connectivity index (χ1v) is 4.80. The highest BCUT2D eigenvalue weighted by atomic mass is 16.2.